The predicted octanol–water partition coefficient (Wildman–Crippen LogP) is 4.75. The molecule has 5 rings (SSSR count). The van der Waals surface area contributed by atoms with E-state index in [-0.39, 0.29) is 11.8 Å². The number of amides is 2. The van der Waals surface area contributed by atoms with Crippen LogP contribution in [0.4, 0.5) is 5.82 Å². The van der Waals surface area contributed by atoms with Crippen LogP contribution in [0.2, 0.25) is 0 Å². The second-order valence-corrected chi connectivity index (χ2v) is 9.04. The van der Waals surface area contributed by atoms with Gasteiger partial charge in [-0.3, -0.25) is 9.59 Å². The summed E-state index contributed by atoms with van der Waals surface area (Å²) in [5, 5.41) is 11.7. The average Bonchev–Trinajstić information content (AvgIpc) is 2.95. The fourth-order valence-corrected chi connectivity index (χ4v) is 4.38. The lowest BCUT2D eigenvalue weighted by Crippen LogP contribution is -2.33. The lowest BCUT2D eigenvalue weighted by molar-refractivity contribution is -0.125. The predicted molar refractivity (Wildman–Crippen MR) is 141 cm³/mol. The van der Waals surface area contributed by atoms with Crippen molar-refractivity contribution >= 4 is 29.3 Å². The van der Waals surface area contributed by atoms with Gasteiger partial charge in [-0.25, -0.2) is 4.98 Å². The molecule has 37 heavy (non-hydrogen) atoms. The summed E-state index contributed by atoms with van der Waals surface area (Å²) in [4.78, 5) is 30.3. The summed E-state index contributed by atoms with van der Waals surface area (Å²) in [6, 6.07) is 19.4. The van der Waals surface area contributed by atoms with Crippen LogP contribution in [0.1, 0.15) is 40.7 Å². The fourth-order valence-electron chi connectivity index (χ4n) is 4.38. The number of aryl methyl sites for hydroxylation is 1. The van der Waals surface area contributed by atoms with E-state index in [9.17, 15) is 9.59 Å². The van der Waals surface area contributed by atoms with Crippen LogP contribution in [0.25, 0.3) is 11.6 Å². The van der Waals surface area contributed by atoms with Crippen LogP contribution in [0.15, 0.2) is 72.9 Å². The number of aromatic nitrogens is 1. The van der Waals surface area contributed by atoms with Crippen LogP contribution < -0.4 is 10.1 Å². The van der Waals surface area contributed by atoms with Gasteiger partial charge in [-0.15, -0.1) is 0 Å². The Morgan fingerprint density at radius 1 is 1.11 bits per heavy atom. The van der Waals surface area contributed by atoms with Crippen LogP contribution in [-0.4, -0.2) is 34.8 Å². The van der Waals surface area contributed by atoms with Gasteiger partial charge in [0.2, 0.25) is 11.8 Å². The van der Waals surface area contributed by atoms with Crippen molar-refractivity contribution in [3.63, 3.8) is 0 Å². The van der Waals surface area contributed by atoms with Gasteiger partial charge in [0, 0.05) is 31.8 Å². The third kappa shape index (κ3) is 5.93. The molecule has 0 unspecified atom stereocenters. The lowest BCUT2D eigenvalue weighted by Gasteiger charge is -2.25. The normalized spacial score (nSPS) is 14.9. The number of carbonyl (C=O) groups is 2. The zero-order chi connectivity index (χ0) is 25.6. The Labute approximate surface area is 215 Å². The summed E-state index contributed by atoms with van der Waals surface area (Å²) in [6.07, 6.45) is 9.03. The smallest absolute Gasteiger partial charge is 0.246 e. The molecule has 0 bridgehead atoms. The number of hydrogen-bond acceptors (Lipinski definition) is 5. The Kier molecular flexibility index (Phi) is 7.09. The standard InChI is InChI=1S/C30H26N4O3/c31-18-21-1-3-22(4-2-21)20-37-27-9-6-24(7-10-27)25-13-15-34(16-14-25)29(36)12-5-23-17-26-8-11-28(35)33-30(26)32-19-23/h1-7,9-10,12-13,17,19H,8,11,14-16,20H2,(H,32,33,35). The number of carbonyl (C=O) groups excluding carboxylic acids is 2. The van der Waals surface area contributed by atoms with Crippen LogP contribution >= 0.6 is 0 Å². The second-order valence-electron chi connectivity index (χ2n) is 9.04. The minimum atomic E-state index is -0.0344. The number of hydrogen-bond donors (Lipinski definition) is 1. The van der Waals surface area contributed by atoms with Gasteiger partial charge >= 0.3 is 0 Å². The first-order chi connectivity index (χ1) is 18.1. The number of ether oxygens (including phenoxy) is 1. The number of fused-ring (bicyclic) bond motifs is 1. The molecule has 3 heterocycles. The highest BCUT2D eigenvalue weighted by Gasteiger charge is 2.17. The topological polar surface area (TPSA) is 95.3 Å². The molecule has 0 radical (unpaired) electrons. The van der Waals surface area contributed by atoms with E-state index in [4.69, 9.17) is 10.00 Å². The van der Waals surface area contributed by atoms with Crippen molar-refractivity contribution < 1.29 is 14.3 Å². The summed E-state index contributed by atoms with van der Waals surface area (Å²) >= 11 is 0. The number of nitriles is 1. The quantitative estimate of drug-likeness (QED) is 0.504. The van der Waals surface area contributed by atoms with Gasteiger partial charge in [-0.1, -0.05) is 30.3 Å². The minimum Gasteiger partial charge on any atom is -0.489 e. The third-order valence-corrected chi connectivity index (χ3v) is 6.52. The molecule has 0 saturated heterocycles. The molecule has 0 saturated carbocycles. The highest BCUT2D eigenvalue weighted by molar-refractivity contribution is 5.94. The van der Waals surface area contributed by atoms with Crippen molar-refractivity contribution in [2.75, 3.05) is 18.4 Å². The van der Waals surface area contributed by atoms with E-state index in [2.05, 4.69) is 22.4 Å². The maximum atomic E-state index is 12.7. The molecule has 2 aromatic carbocycles. The van der Waals surface area contributed by atoms with Crippen molar-refractivity contribution in [1.29, 1.82) is 5.26 Å². The zero-order valence-corrected chi connectivity index (χ0v) is 20.3. The van der Waals surface area contributed by atoms with E-state index < -0.39 is 0 Å². The molecule has 2 aliphatic heterocycles. The van der Waals surface area contributed by atoms with Gasteiger partial charge in [-0.05, 0) is 77.1 Å². The molecule has 3 aromatic rings. The maximum Gasteiger partial charge on any atom is 0.246 e. The molecular weight excluding hydrogens is 464 g/mol. The summed E-state index contributed by atoms with van der Waals surface area (Å²) < 4.78 is 5.87. The van der Waals surface area contributed by atoms with Crippen molar-refractivity contribution in [3.8, 4) is 11.8 Å². The molecule has 0 spiro atoms. The summed E-state index contributed by atoms with van der Waals surface area (Å²) in [7, 11) is 0. The zero-order valence-electron chi connectivity index (χ0n) is 20.3. The molecular formula is C30H26N4O3. The Hall–Kier alpha value is -4.70. The molecule has 0 atom stereocenters. The fraction of sp³-hybridized carbons (Fsp3) is 0.200. The van der Waals surface area contributed by atoms with Gasteiger partial charge in [0.05, 0.1) is 11.6 Å². The minimum absolute atomic E-state index is 0.0139. The number of rotatable bonds is 6. The van der Waals surface area contributed by atoms with Crippen LogP contribution in [0.3, 0.4) is 0 Å². The van der Waals surface area contributed by atoms with Gasteiger partial charge in [0.25, 0.3) is 0 Å². The maximum absolute atomic E-state index is 12.7. The van der Waals surface area contributed by atoms with Gasteiger partial charge in [0.1, 0.15) is 18.2 Å². The van der Waals surface area contributed by atoms with Crippen LogP contribution in [0, 0.1) is 11.3 Å². The summed E-state index contributed by atoms with van der Waals surface area (Å²) in [5.41, 5.74) is 5.82. The molecule has 0 aliphatic carbocycles. The first-order valence-electron chi connectivity index (χ1n) is 12.2. The number of pyridine rings is 1. The molecule has 184 valence electrons. The van der Waals surface area contributed by atoms with Crippen LogP contribution in [0.5, 0.6) is 5.75 Å². The van der Waals surface area contributed by atoms with Crippen LogP contribution in [-0.2, 0) is 22.6 Å². The van der Waals surface area contributed by atoms with Crippen molar-refractivity contribution in [1.82, 2.24) is 9.88 Å². The second kappa shape index (κ2) is 10.9. The molecule has 7 heteroatoms. The first-order valence-corrected chi connectivity index (χ1v) is 12.2. The summed E-state index contributed by atoms with van der Waals surface area (Å²) in [5.74, 6) is 1.35. The molecule has 0 fully saturated rings. The Morgan fingerprint density at radius 3 is 2.65 bits per heavy atom. The molecule has 2 amide bonds. The highest BCUT2D eigenvalue weighted by atomic mass is 16.5. The van der Waals surface area contributed by atoms with E-state index in [0.717, 1.165) is 34.4 Å². The average molecular weight is 491 g/mol. The molecule has 7 nitrogen and oxygen atoms in total. The van der Waals surface area contributed by atoms with Crippen molar-refractivity contribution in [3.05, 3.63) is 101 Å². The van der Waals surface area contributed by atoms with Gasteiger partial charge in [0.15, 0.2) is 0 Å². The third-order valence-electron chi connectivity index (χ3n) is 6.52. The SMILES string of the molecule is N#Cc1ccc(COc2ccc(C3=CCN(C(=O)C=Cc4cnc5c(c4)CCC(=O)N5)CC3)cc2)cc1. The number of anilines is 1. The molecule has 2 aliphatic rings. The van der Waals surface area contributed by atoms with E-state index >= 15 is 0 Å². The van der Waals surface area contributed by atoms with Crippen molar-refractivity contribution in [2.45, 2.75) is 25.9 Å². The van der Waals surface area contributed by atoms with E-state index in [1.165, 1.54) is 5.57 Å². The Balaban J connectivity index is 1.14. The molecule has 1 aromatic heterocycles. The summed E-state index contributed by atoms with van der Waals surface area (Å²) in [6.45, 7) is 1.65. The van der Waals surface area contributed by atoms with Gasteiger partial charge < -0.3 is 15.0 Å². The van der Waals surface area contributed by atoms with E-state index in [0.29, 0.717) is 43.9 Å². The van der Waals surface area contributed by atoms with E-state index in [1.807, 2.05) is 47.4 Å². The number of nitrogens with zero attached hydrogens (tertiary/aromatic N) is 3. The largest absolute Gasteiger partial charge is 0.489 e. The lowest BCUT2D eigenvalue weighted by atomic mass is 9.99. The number of benzene rings is 2. The monoisotopic (exact) mass is 490 g/mol. The van der Waals surface area contributed by atoms with Gasteiger partial charge in [-0.2, -0.15) is 5.26 Å². The Morgan fingerprint density at radius 2 is 1.92 bits per heavy atom. The molecule has 1 N–H and O–H groups in total. The first kappa shape index (κ1) is 24.0. The van der Waals surface area contributed by atoms with Crippen molar-refractivity contribution in [2.24, 2.45) is 0 Å². The number of nitrogens with one attached hydrogen (secondary N) is 1. The highest BCUT2D eigenvalue weighted by Crippen LogP contribution is 2.25. The van der Waals surface area contributed by atoms with E-state index in [1.54, 1.807) is 30.5 Å². The Bertz CT molecular complexity index is 1420.